The zero-order valence-electron chi connectivity index (χ0n) is 21.1. The summed E-state index contributed by atoms with van der Waals surface area (Å²) in [7, 11) is -4.16. The van der Waals surface area contributed by atoms with Crippen molar-refractivity contribution >= 4 is 27.6 Å². The molecule has 0 radical (unpaired) electrons. The van der Waals surface area contributed by atoms with Crippen LogP contribution in [0.15, 0.2) is 66.7 Å². The van der Waals surface area contributed by atoms with E-state index in [0.717, 1.165) is 11.1 Å². The molecule has 9 nitrogen and oxygen atoms in total. The molecule has 38 heavy (non-hydrogen) atoms. The molecule has 0 fully saturated rings. The summed E-state index contributed by atoms with van der Waals surface area (Å²) < 4.78 is 41.3. The second kappa shape index (κ2) is 11.7. The van der Waals surface area contributed by atoms with Crippen molar-refractivity contribution in [3.63, 3.8) is 0 Å². The van der Waals surface area contributed by atoms with Gasteiger partial charge in [-0.2, -0.15) is 8.42 Å². The number of amides is 2. The molecular weight excluding hydrogens is 508 g/mol. The van der Waals surface area contributed by atoms with Crippen molar-refractivity contribution in [2.75, 3.05) is 24.4 Å². The van der Waals surface area contributed by atoms with E-state index in [0.29, 0.717) is 35.1 Å². The van der Waals surface area contributed by atoms with E-state index in [9.17, 15) is 18.0 Å². The average Bonchev–Trinajstić information content (AvgIpc) is 3.35. The van der Waals surface area contributed by atoms with Crippen LogP contribution in [0.2, 0.25) is 0 Å². The summed E-state index contributed by atoms with van der Waals surface area (Å²) in [6.07, 6.45) is 0.391. The number of fused-ring (bicyclic) bond motifs is 1. The quantitative estimate of drug-likeness (QED) is 0.331. The highest BCUT2D eigenvalue weighted by Crippen LogP contribution is 2.35. The maximum atomic E-state index is 13.5. The molecule has 0 saturated heterocycles. The Balaban J connectivity index is 1.50. The minimum atomic E-state index is -4.16. The largest absolute Gasteiger partial charge is 0.454 e. The number of rotatable bonds is 10. The lowest BCUT2D eigenvalue weighted by atomic mass is 9.89. The topological polar surface area (TPSA) is 131 Å². The van der Waals surface area contributed by atoms with Crippen LogP contribution < -0.4 is 20.1 Å². The lowest BCUT2D eigenvalue weighted by Gasteiger charge is -2.19. The van der Waals surface area contributed by atoms with Gasteiger partial charge in [-0.1, -0.05) is 50.2 Å². The van der Waals surface area contributed by atoms with Crippen LogP contribution in [0, 0.1) is 0 Å². The van der Waals surface area contributed by atoms with Crippen LogP contribution in [0.4, 0.5) is 5.69 Å². The SMILES string of the molecule is CC(C)c1ccc(C(Cc2ccc(C(=O)NCCS(=O)(=O)O)cc2)C(=O)Nc2ccc3c(c2)OCO3)cc1. The molecule has 0 saturated carbocycles. The zero-order chi connectivity index (χ0) is 27.3. The summed E-state index contributed by atoms with van der Waals surface area (Å²) in [6.45, 7) is 4.17. The van der Waals surface area contributed by atoms with Gasteiger partial charge < -0.3 is 20.1 Å². The lowest BCUT2D eigenvalue weighted by Crippen LogP contribution is -2.28. The zero-order valence-corrected chi connectivity index (χ0v) is 22.0. The maximum absolute atomic E-state index is 13.5. The molecule has 1 atom stereocenters. The van der Waals surface area contributed by atoms with Gasteiger partial charge in [0.2, 0.25) is 12.7 Å². The molecule has 0 bridgehead atoms. The minimum absolute atomic E-state index is 0.145. The second-order valence-corrected chi connectivity index (χ2v) is 10.9. The number of ether oxygens (including phenoxy) is 2. The number of anilines is 1. The fourth-order valence-electron chi connectivity index (χ4n) is 4.10. The number of benzene rings is 3. The summed E-state index contributed by atoms with van der Waals surface area (Å²) in [5, 5.41) is 5.44. The Kier molecular flexibility index (Phi) is 8.33. The van der Waals surface area contributed by atoms with Gasteiger partial charge in [-0.3, -0.25) is 14.1 Å². The van der Waals surface area contributed by atoms with Gasteiger partial charge in [0.15, 0.2) is 11.5 Å². The van der Waals surface area contributed by atoms with E-state index in [4.69, 9.17) is 14.0 Å². The third kappa shape index (κ3) is 7.11. The van der Waals surface area contributed by atoms with E-state index in [1.54, 1.807) is 42.5 Å². The molecule has 10 heteroatoms. The lowest BCUT2D eigenvalue weighted by molar-refractivity contribution is -0.117. The second-order valence-electron chi connectivity index (χ2n) is 9.37. The molecule has 4 rings (SSSR count). The standard InChI is InChI=1S/C28H30N2O7S/c1-18(2)20-7-9-21(10-8-20)24(28(32)30-23-11-12-25-26(16-23)37-17-36-25)15-19-3-5-22(6-4-19)27(31)29-13-14-38(33,34)35/h3-12,16,18,24H,13-15,17H2,1-2H3,(H,29,31)(H,30,32)(H,33,34,35). The Labute approximate surface area is 221 Å². The number of hydrogen-bond acceptors (Lipinski definition) is 6. The van der Waals surface area contributed by atoms with Crippen LogP contribution in [-0.2, 0) is 21.3 Å². The highest BCUT2D eigenvalue weighted by molar-refractivity contribution is 7.85. The third-order valence-electron chi connectivity index (χ3n) is 6.26. The predicted octanol–water partition coefficient (Wildman–Crippen LogP) is 4.12. The first-order valence-corrected chi connectivity index (χ1v) is 13.8. The Morgan fingerprint density at radius 2 is 1.58 bits per heavy atom. The van der Waals surface area contributed by atoms with Crippen molar-refractivity contribution in [2.24, 2.45) is 0 Å². The fourth-order valence-corrected chi connectivity index (χ4v) is 4.46. The number of hydrogen-bond donors (Lipinski definition) is 3. The van der Waals surface area contributed by atoms with Gasteiger partial charge in [-0.05, 0) is 53.3 Å². The van der Waals surface area contributed by atoms with E-state index in [1.165, 1.54) is 5.56 Å². The van der Waals surface area contributed by atoms with Gasteiger partial charge in [-0.25, -0.2) is 0 Å². The summed E-state index contributed by atoms with van der Waals surface area (Å²) in [5.74, 6) is -0.143. The van der Waals surface area contributed by atoms with E-state index in [1.807, 2.05) is 24.3 Å². The summed E-state index contributed by atoms with van der Waals surface area (Å²) in [4.78, 5) is 25.8. The molecule has 3 N–H and O–H groups in total. The molecule has 1 unspecified atom stereocenters. The molecule has 200 valence electrons. The summed E-state index contributed by atoms with van der Waals surface area (Å²) in [6, 6.07) is 20.0. The molecule has 1 aliphatic heterocycles. The first kappa shape index (κ1) is 27.2. The highest BCUT2D eigenvalue weighted by Gasteiger charge is 2.23. The van der Waals surface area contributed by atoms with Gasteiger partial charge in [0.1, 0.15) is 0 Å². The van der Waals surface area contributed by atoms with E-state index in [-0.39, 0.29) is 19.2 Å². The first-order valence-electron chi connectivity index (χ1n) is 12.2. The van der Waals surface area contributed by atoms with Crippen LogP contribution in [0.25, 0.3) is 0 Å². The molecule has 0 aliphatic carbocycles. The average molecular weight is 539 g/mol. The Hall–Kier alpha value is -3.89. The van der Waals surface area contributed by atoms with Crippen LogP contribution in [-0.4, -0.2) is 43.9 Å². The fraction of sp³-hybridized carbons (Fsp3) is 0.286. The van der Waals surface area contributed by atoms with Crippen LogP contribution in [0.5, 0.6) is 11.5 Å². The van der Waals surface area contributed by atoms with Crippen LogP contribution in [0.1, 0.15) is 52.7 Å². The molecule has 2 amide bonds. The Morgan fingerprint density at radius 3 is 2.24 bits per heavy atom. The monoisotopic (exact) mass is 538 g/mol. The van der Waals surface area contributed by atoms with Crippen molar-refractivity contribution in [2.45, 2.75) is 32.1 Å². The smallest absolute Gasteiger partial charge is 0.266 e. The van der Waals surface area contributed by atoms with Crippen molar-refractivity contribution in [1.82, 2.24) is 5.32 Å². The van der Waals surface area contributed by atoms with Gasteiger partial charge in [0.05, 0.1) is 11.7 Å². The normalized spacial score (nSPS) is 13.3. The van der Waals surface area contributed by atoms with Crippen molar-refractivity contribution in [1.29, 1.82) is 0 Å². The van der Waals surface area contributed by atoms with Gasteiger partial charge in [-0.15, -0.1) is 0 Å². The van der Waals surface area contributed by atoms with Crippen molar-refractivity contribution < 1.29 is 32.0 Å². The third-order valence-corrected chi connectivity index (χ3v) is 6.98. The number of carbonyl (C=O) groups is 2. The van der Waals surface area contributed by atoms with Gasteiger partial charge >= 0.3 is 0 Å². The van der Waals surface area contributed by atoms with Gasteiger partial charge in [0, 0.05) is 23.9 Å². The molecule has 0 spiro atoms. The molecule has 1 aliphatic rings. The molecule has 1 heterocycles. The van der Waals surface area contributed by atoms with E-state index < -0.39 is 27.7 Å². The number of nitrogens with one attached hydrogen (secondary N) is 2. The maximum Gasteiger partial charge on any atom is 0.266 e. The molecule has 3 aromatic rings. The predicted molar refractivity (Wildman–Crippen MR) is 143 cm³/mol. The van der Waals surface area contributed by atoms with Gasteiger partial charge in [0.25, 0.3) is 16.0 Å². The van der Waals surface area contributed by atoms with Crippen LogP contribution in [0.3, 0.4) is 0 Å². The molecular formula is C28H30N2O7S. The number of carbonyl (C=O) groups excluding carboxylic acids is 2. The Bertz CT molecular complexity index is 1400. The van der Waals surface area contributed by atoms with Crippen molar-refractivity contribution in [3.8, 4) is 11.5 Å². The molecule has 0 aromatic heterocycles. The Morgan fingerprint density at radius 1 is 0.921 bits per heavy atom. The summed E-state index contributed by atoms with van der Waals surface area (Å²) >= 11 is 0. The minimum Gasteiger partial charge on any atom is -0.454 e. The van der Waals surface area contributed by atoms with E-state index >= 15 is 0 Å². The van der Waals surface area contributed by atoms with Crippen molar-refractivity contribution in [3.05, 3.63) is 89.0 Å². The molecule has 3 aromatic carbocycles. The summed E-state index contributed by atoms with van der Waals surface area (Å²) in [5.41, 5.74) is 3.82. The first-order chi connectivity index (χ1) is 18.1. The van der Waals surface area contributed by atoms with Crippen LogP contribution >= 0.6 is 0 Å². The van der Waals surface area contributed by atoms with E-state index in [2.05, 4.69) is 24.5 Å². The highest BCUT2D eigenvalue weighted by atomic mass is 32.2.